The average molecular weight is 270 g/mol. The highest BCUT2D eigenvalue weighted by Crippen LogP contribution is 2.26. The number of nitrogens with one attached hydrogen (secondary N) is 1. The van der Waals surface area contributed by atoms with E-state index < -0.39 is 5.54 Å². The van der Waals surface area contributed by atoms with Crippen molar-refractivity contribution in [2.75, 3.05) is 20.3 Å². The van der Waals surface area contributed by atoms with Crippen LogP contribution in [0.5, 0.6) is 0 Å². The third-order valence-corrected chi connectivity index (χ3v) is 4.05. The van der Waals surface area contributed by atoms with Crippen molar-refractivity contribution in [1.82, 2.24) is 10.2 Å². The predicted molar refractivity (Wildman–Crippen MR) is 73.7 cm³/mol. The van der Waals surface area contributed by atoms with Gasteiger partial charge in [-0.3, -0.25) is 9.59 Å². The van der Waals surface area contributed by atoms with Gasteiger partial charge in [0.1, 0.15) is 11.6 Å². The standard InChI is InChI=1S/C14H26N2O3/c1-5-11-12(17)15-14(6-2,7-3)13(18)16(11)9-8-10-19-4/h11H,5-10H2,1-4H3,(H,15,17). The van der Waals surface area contributed by atoms with Gasteiger partial charge in [0.25, 0.3) is 0 Å². The van der Waals surface area contributed by atoms with Crippen molar-refractivity contribution < 1.29 is 14.3 Å². The lowest BCUT2D eigenvalue weighted by Gasteiger charge is -2.45. The van der Waals surface area contributed by atoms with Crippen LogP contribution < -0.4 is 5.32 Å². The summed E-state index contributed by atoms with van der Waals surface area (Å²) >= 11 is 0. The first-order valence-electron chi connectivity index (χ1n) is 7.18. The van der Waals surface area contributed by atoms with Crippen molar-refractivity contribution in [3.8, 4) is 0 Å². The number of piperazine rings is 1. The topological polar surface area (TPSA) is 58.6 Å². The summed E-state index contributed by atoms with van der Waals surface area (Å²) in [5.74, 6) is 0.0308. The second-order valence-corrected chi connectivity index (χ2v) is 5.05. The lowest BCUT2D eigenvalue weighted by atomic mass is 9.86. The normalized spacial score (nSPS) is 22.5. The van der Waals surface area contributed by atoms with Crippen LogP contribution in [0.3, 0.4) is 0 Å². The molecule has 1 N–H and O–H groups in total. The SMILES string of the molecule is CCC1C(=O)NC(CC)(CC)C(=O)N1CCCOC. The van der Waals surface area contributed by atoms with Crippen LogP contribution in [0.4, 0.5) is 0 Å². The fourth-order valence-electron chi connectivity index (χ4n) is 2.70. The minimum Gasteiger partial charge on any atom is -0.385 e. The van der Waals surface area contributed by atoms with Crippen molar-refractivity contribution in [3.63, 3.8) is 0 Å². The third kappa shape index (κ3) is 3.08. The van der Waals surface area contributed by atoms with E-state index in [4.69, 9.17) is 4.74 Å². The Kier molecular flexibility index (Phi) is 5.79. The Balaban J connectivity index is 2.92. The van der Waals surface area contributed by atoms with E-state index in [0.29, 0.717) is 32.4 Å². The molecule has 0 spiro atoms. The molecule has 1 unspecified atom stereocenters. The maximum absolute atomic E-state index is 12.7. The molecule has 110 valence electrons. The molecule has 1 aliphatic heterocycles. The number of nitrogens with zero attached hydrogens (tertiary/aromatic N) is 1. The van der Waals surface area contributed by atoms with Gasteiger partial charge < -0.3 is 15.0 Å². The van der Waals surface area contributed by atoms with Gasteiger partial charge in [0.05, 0.1) is 0 Å². The number of ether oxygens (including phenoxy) is 1. The Labute approximate surface area is 115 Å². The molecule has 1 saturated heterocycles. The first kappa shape index (κ1) is 16.0. The van der Waals surface area contributed by atoms with Gasteiger partial charge >= 0.3 is 0 Å². The van der Waals surface area contributed by atoms with E-state index in [1.54, 1.807) is 12.0 Å². The molecule has 1 atom stereocenters. The molecule has 0 saturated carbocycles. The zero-order valence-electron chi connectivity index (χ0n) is 12.5. The third-order valence-electron chi connectivity index (χ3n) is 4.05. The molecular weight excluding hydrogens is 244 g/mol. The molecule has 0 radical (unpaired) electrons. The van der Waals surface area contributed by atoms with Gasteiger partial charge in [0.15, 0.2) is 0 Å². The van der Waals surface area contributed by atoms with Crippen LogP contribution in [0, 0.1) is 0 Å². The van der Waals surface area contributed by atoms with Crippen molar-refractivity contribution in [3.05, 3.63) is 0 Å². The Bertz CT molecular complexity index is 327. The molecule has 1 aliphatic rings. The van der Waals surface area contributed by atoms with E-state index in [2.05, 4.69) is 5.32 Å². The van der Waals surface area contributed by atoms with Crippen LogP contribution in [0.25, 0.3) is 0 Å². The first-order valence-corrected chi connectivity index (χ1v) is 7.18. The molecule has 5 nitrogen and oxygen atoms in total. The smallest absolute Gasteiger partial charge is 0.248 e. The van der Waals surface area contributed by atoms with Crippen LogP contribution in [-0.4, -0.2) is 48.6 Å². The second kappa shape index (κ2) is 6.89. The van der Waals surface area contributed by atoms with E-state index in [0.717, 1.165) is 6.42 Å². The largest absolute Gasteiger partial charge is 0.385 e. The van der Waals surface area contributed by atoms with E-state index in [1.165, 1.54) is 0 Å². The van der Waals surface area contributed by atoms with Gasteiger partial charge in [-0.15, -0.1) is 0 Å². The van der Waals surface area contributed by atoms with Crippen LogP contribution in [0.2, 0.25) is 0 Å². The fourth-order valence-corrected chi connectivity index (χ4v) is 2.70. The maximum atomic E-state index is 12.7. The minimum atomic E-state index is -0.712. The van der Waals surface area contributed by atoms with Crippen molar-refractivity contribution >= 4 is 11.8 Å². The highest BCUT2D eigenvalue weighted by Gasteiger charge is 2.47. The molecular formula is C14H26N2O3. The number of hydrogen-bond donors (Lipinski definition) is 1. The molecule has 1 heterocycles. The number of hydrogen-bond acceptors (Lipinski definition) is 3. The van der Waals surface area contributed by atoms with Gasteiger partial charge in [-0.25, -0.2) is 0 Å². The zero-order valence-corrected chi connectivity index (χ0v) is 12.5. The second-order valence-electron chi connectivity index (χ2n) is 5.05. The van der Waals surface area contributed by atoms with Crippen molar-refractivity contribution in [1.29, 1.82) is 0 Å². The number of methoxy groups -OCH3 is 1. The Morgan fingerprint density at radius 1 is 1.26 bits per heavy atom. The monoisotopic (exact) mass is 270 g/mol. The van der Waals surface area contributed by atoms with Crippen LogP contribution in [0.1, 0.15) is 46.5 Å². The molecule has 2 amide bonds. The summed E-state index contributed by atoms with van der Waals surface area (Å²) in [6.07, 6.45) is 2.67. The summed E-state index contributed by atoms with van der Waals surface area (Å²) in [5, 5.41) is 2.94. The van der Waals surface area contributed by atoms with Crippen molar-refractivity contribution in [2.24, 2.45) is 0 Å². The Hall–Kier alpha value is -1.10. The van der Waals surface area contributed by atoms with E-state index >= 15 is 0 Å². The van der Waals surface area contributed by atoms with E-state index in [1.807, 2.05) is 20.8 Å². The molecule has 0 aliphatic carbocycles. The summed E-state index contributed by atoms with van der Waals surface area (Å²) in [4.78, 5) is 26.6. The highest BCUT2D eigenvalue weighted by molar-refractivity contribution is 5.99. The van der Waals surface area contributed by atoms with Crippen LogP contribution in [0.15, 0.2) is 0 Å². The predicted octanol–water partition coefficient (Wildman–Crippen LogP) is 1.32. The van der Waals surface area contributed by atoms with Gasteiger partial charge in [0.2, 0.25) is 11.8 Å². The molecule has 0 bridgehead atoms. The minimum absolute atomic E-state index is 0.0248. The molecule has 1 rings (SSSR count). The number of amides is 2. The Morgan fingerprint density at radius 3 is 2.37 bits per heavy atom. The van der Waals surface area contributed by atoms with Crippen LogP contribution in [-0.2, 0) is 14.3 Å². The number of rotatable bonds is 7. The number of carbonyl (C=O) groups is 2. The summed E-state index contributed by atoms with van der Waals surface area (Å²) < 4.78 is 5.03. The first-order chi connectivity index (χ1) is 9.06. The van der Waals surface area contributed by atoms with Gasteiger partial charge in [-0.1, -0.05) is 20.8 Å². The lowest BCUT2D eigenvalue weighted by Crippen LogP contribution is -2.70. The average Bonchev–Trinajstić information content (AvgIpc) is 2.42. The fraction of sp³-hybridized carbons (Fsp3) is 0.857. The van der Waals surface area contributed by atoms with Gasteiger partial charge in [0, 0.05) is 20.3 Å². The highest BCUT2D eigenvalue weighted by atomic mass is 16.5. The molecule has 0 aromatic heterocycles. The summed E-state index contributed by atoms with van der Waals surface area (Å²) in [5.41, 5.74) is -0.712. The van der Waals surface area contributed by atoms with E-state index in [-0.39, 0.29) is 17.9 Å². The van der Waals surface area contributed by atoms with Gasteiger partial charge in [-0.2, -0.15) is 0 Å². The summed E-state index contributed by atoms with van der Waals surface area (Å²) in [6, 6.07) is -0.337. The van der Waals surface area contributed by atoms with Gasteiger partial charge in [-0.05, 0) is 25.7 Å². The Morgan fingerprint density at radius 2 is 1.89 bits per heavy atom. The lowest BCUT2D eigenvalue weighted by molar-refractivity contribution is -0.155. The quantitative estimate of drug-likeness (QED) is 0.710. The molecule has 19 heavy (non-hydrogen) atoms. The zero-order chi connectivity index (χ0) is 14.5. The van der Waals surface area contributed by atoms with E-state index in [9.17, 15) is 9.59 Å². The maximum Gasteiger partial charge on any atom is 0.248 e. The molecule has 0 aromatic rings. The summed E-state index contributed by atoms with van der Waals surface area (Å²) in [6.45, 7) is 7.02. The van der Waals surface area contributed by atoms with Crippen LogP contribution >= 0.6 is 0 Å². The molecule has 5 heteroatoms. The molecule has 1 fully saturated rings. The number of carbonyl (C=O) groups excluding carboxylic acids is 2. The molecule has 0 aromatic carbocycles. The summed E-state index contributed by atoms with van der Waals surface area (Å²) in [7, 11) is 1.64. The van der Waals surface area contributed by atoms with Crippen molar-refractivity contribution in [2.45, 2.75) is 58.0 Å².